The van der Waals surface area contributed by atoms with Crippen LogP contribution in [0.3, 0.4) is 0 Å². The molecule has 0 unspecified atom stereocenters. The maximum atomic E-state index is 11.3. The molecular weight excluding hydrogens is 232 g/mol. The Bertz CT molecular complexity index is 334. The summed E-state index contributed by atoms with van der Waals surface area (Å²) in [6.45, 7) is 3.23. The van der Waals surface area contributed by atoms with Crippen LogP contribution in [0.15, 0.2) is 0 Å². The lowest BCUT2D eigenvalue weighted by Gasteiger charge is -2.21. The van der Waals surface area contributed by atoms with Gasteiger partial charge >= 0.3 is 17.9 Å². The first-order valence-corrected chi connectivity index (χ1v) is 4.72. The van der Waals surface area contributed by atoms with Gasteiger partial charge in [-0.25, -0.2) is 4.79 Å². The second-order valence-electron chi connectivity index (χ2n) is 3.19. The topological polar surface area (TPSA) is 96.0 Å². The lowest BCUT2D eigenvalue weighted by molar-refractivity contribution is -0.181. The predicted molar refractivity (Wildman–Crippen MR) is 53.8 cm³/mol. The molecule has 0 radical (unpaired) electrons. The predicted octanol–water partition coefficient (Wildman–Crippen LogP) is -0.388. The first-order chi connectivity index (χ1) is 7.79. The Labute approximate surface area is 98.0 Å². The van der Waals surface area contributed by atoms with E-state index in [-0.39, 0.29) is 0 Å². The van der Waals surface area contributed by atoms with Gasteiger partial charge in [-0.15, -0.1) is 0 Å². The maximum Gasteiger partial charge on any atom is 0.351 e. The van der Waals surface area contributed by atoms with Gasteiger partial charge in [-0.05, 0) is 6.92 Å². The fourth-order valence-electron chi connectivity index (χ4n) is 1.07. The number of esters is 3. The number of hydrogen-bond donors (Lipinski definition) is 0. The summed E-state index contributed by atoms with van der Waals surface area (Å²) < 4.78 is 13.6. The molecule has 0 aromatic heterocycles. The summed E-state index contributed by atoms with van der Waals surface area (Å²) in [7, 11) is 1.06. The molecule has 0 aliphatic carbocycles. The van der Waals surface area contributed by atoms with Crippen molar-refractivity contribution < 1.29 is 33.4 Å². The molecule has 0 saturated heterocycles. The van der Waals surface area contributed by atoms with E-state index in [4.69, 9.17) is 0 Å². The van der Waals surface area contributed by atoms with Gasteiger partial charge in [0.1, 0.15) is 0 Å². The fraction of sp³-hybridized carbons (Fsp3) is 0.600. The first-order valence-electron chi connectivity index (χ1n) is 4.72. The van der Waals surface area contributed by atoms with E-state index in [9.17, 15) is 19.2 Å². The number of Topliss-reactive ketones (excluding diaryl/α,β-unsaturated/α-hetero) is 1. The van der Waals surface area contributed by atoms with Crippen molar-refractivity contribution in [2.24, 2.45) is 0 Å². The summed E-state index contributed by atoms with van der Waals surface area (Å²) in [5.41, 5.74) is 0. The number of methoxy groups -OCH3 is 1. The highest BCUT2D eigenvalue weighted by molar-refractivity contribution is 5.91. The molecule has 0 amide bonds. The molecule has 17 heavy (non-hydrogen) atoms. The average molecular weight is 246 g/mol. The molecule has 0 spiro atoms. The highest BCUT2D eigenvalue weighted by Gasteiger charge is 2.38. The number of carbonyl (C=O) groups excluding carboxylic acids is 4. The summed E-state index contributed by atoms with van der Waals surface area (Å²) in [4.78, 5) is 44.2. The Morgan fingerprint density at radius 2 is 1.24 bits per heavy atom. The highest BCUT2D eigenvalue weighted by atomic mass is 16.6. The zero-order valence-electron chi connectivity index (χ0n) is 10.0. The Morgan fingerprint density at radius 1 is 0.824 bits per heavy atom. The zero-order valence-corrected chi connectivity index (χ0v) is 10.0. The van der Waals surface area contributed by atoms with Gasteiger partial charge in [0.2, 0.25) is 12.2 Å². The molecule has 7 heteroatoms. The maximum absolute atomic E-state index is 11.3. The van der Waals surface area contributed by atoms with Crippen molar-refractivity contribution in [3.05, 3.63) is 0 Å². The Balaban J connectivity index is 5.05. The fourth-order valence-corrected chi connectivity index (χ4v) is 1.07. The van der Waals surface area contributed by atoms with Crippen molar-refractivity contribution in [3.8, 4) is 0 Å². The molecule has 0 aliphatic rings. The van der Waals surface area contributed by atoms with Gasteiger partial charge in [0.15, 0.2) is 5.78 Å². The van der Waals surface area contributed by atoms with Crippen LogP contribution in [0.1, 0.15) is 20.8 Å². The number of ketones is 1. The molecule has 0 heterocycles. The lowest BCUT2D eigenvalue weighted by Crippen LogP contribution is -2.45. The first kappa shape index (κ1) is 15.1. The quantitative estimate of drug-likeness (QED) is 0.481. The summed E-state index contributed by atoms with van der Waals surface area (Å²) in [6.07, 6.45) is -3.08. The molecule has 0 fully saturated rings. The van der Waals surface area contributed by atoms with Gasteiger partial charge in [0.05, 0.1) is 7.11 Å². The molecule has 0 aromatic rings. The van der Waals surface area contributed by atoms with Gasteiger partial charge in [0, 0.05) is 13.8 Å². The highest BCUT2D eigenvalue weighted by Crippen LogP contribution is 2.09. The monoisotopic (exact) mass is 246 g/mol. The lowest BCUT2D eigenvalue weighted by atomic mass is 10.1. The summed E-state index contributed by atoms with van der Waals surface area (Å²) in [5.74, 6) is -3.16. The zero-order chi connectivity index (χ0) is 13.6. The number of carbonyl (C=O) groups is 4. The molecule has 0 aliphatic heterocycles. The molecule has 96 valence electrons. The van der Waals surface area contributed by atoms with Crippen LogP contribution in [0.5, 0.6) is 0 Å². The third kappa shape index (κ3) is 5.10. The van der Waals surface area contributed by atoms with Crippen LogP contribution in [0, 0.1) is 0 Å². The molecule has 0 aromatic carbocycles. The van der Waals surface area contributed by atoms with Gasteiger partial charge in [-0.1, -0.05) is 0 Å². The SMILES string of the molecule is COC(=O)[C@H](OC(C)=O)[C@@H](OC(C)=O)C(C)=O. The van der Waals surface area contributed by atoms with E-state index >= 15 is 0 Å². The molecule has 0 N–H and O–H groups in total. The van der Waals surface area contributed by atoms with Crippen molar-refractivity contribution in [2.75, 3.05) is 7.11 Å². The van der Waals surface area contributed by atoms with Crippen molar-refractivity contribution in [1.29, 1.82) is 0 Å². The van der Waals surface area contributed by atoms with E-state index in [2.05, 4.69) is 14.2 Å². The summed E-state index contributed by atoms with van der Waals surface area (Å²) in [5, 5.41) is 0. The van der Waals surface area contributed by atoms with Crippen molar-refractivity contribution >= 4 is 23.7 Å². The molecule has 2 atom stereocenters. The Morgan fingerprint density at radius 3 is 1.53 bits per heavy atom. The van der Waals surface area contributed by atoms with Gasteiger partial charge < -0.3 is 14.2 Å². The van der Waals surface area contributed by atoms with E-state index in [1.807, 2.05) is 0 Å². The molecule has 0 rings (SSSR count). The van der Waals surface area contributed by atoms with E-state index in [1.54, 1.807) is 0 Å². The van der Waals surface area contributed by atoms with E-state index in [0.29, 0.717) is 0 Å². The summed E-state index contributed by atoms with van der Waals surface area (Å²) >= 11 is 0. The normalized spacial score (nSPS) is 13.2. The largest absolute Gasteiger partial charge is 0.466 e. The van der Waals surface area contributed by atoms with Crippen molar-refractivity contribution in [3.63, 3.8) is 0 Å². The molecule has 7 nitrogen and oxygen atoms in total. The van der Waals surface area contributed by atoms with E-state index in [1.165, 1.54) is 0 Å². The smallest absolute Gasteiger partial charge is 0.351 e. The third-order valence-electron chi connectivity index (χ3n) is 1.69. The number of hydrogen-bond acceptors (Lipinski definition) is 7. The minimum absolute atomic E-state index is 0.628. The average Bonchev–Trinajstić information content (AvgIpc) is 2.21. The van der Waals surface area contributed by atoms with Gasteiger partial charge in [-0.2, -0.15) is 0 Å². The van der Waals surface area contributed by atoms with Crippen LogP contribution in [-0.2, 0) is 33.4 Å². The van der Waals surface area contributed by atoms with Gasteiger partial charge in [-0.3, -0.25) is 14.4 Å². The third-order valence-corrected chi connectivity index (χ3v) is 1.69. The van der Waals surface area contributed by atoms with E-state index < -0.39 is 35.9 Å². The van der Waals surface area contributed by atoms with Gasteiger partial charge in [0.25, 0.3) is 0 Å². The Hall–Kier alpha value is -1.92. The second kappa shape index (κ2) is 6.62. The van der Waals surface area contributed by atoms with E-state index in [0.717, 1.165) is 27.9 Å². The minimum atomic E-state index is -1.58. The number of ether oxygens (including phenoxy) is 3. The van der Waals surface area contributed by atoms with Crippen LogP contribution < -0.4 is 0 Å². The number of rotatable bonds is 5. The molecule has 0 saturated carbocycles. The van der Waals surface area contributed by atoms with Crippen LogP contribution >= 0.6 is 0 Å². The molecular formula is C10H14O7. The van der Waals surface area contributed by atoms with Crippen LogP contribution in [-0.4, -0.2) is 43.0 Å². The van der Waals surface area contributed by atoms with Crippen LogP contribution in [0.25, 0.3) is 0 Å². The standard InChI is InChI=1S/C10H14O7/c1-5(11)8(16-6(2)12)9(10(14)15-4)17-7(3)13/h8-9H,1-4H3/t8-,9+/m0/s1. The van der Waals surface area contributed by atoms with Crippen molar-refractivity contribution in [2.45, 2.75) is 33.0 Å². The minimum Gasteiger partial charge on any atom is -0.466 e. The van der Waals surface area contributed by atoms with Crippen LogP contribution in [0.4, 0.5) is 0 Å². The summed E-state index contributed by atoms with van der Waals surface area (Å²) in [6, 6.07) is 0. The Kier molecular flexibility index (Phi) is 5.87. The second-order valence-corrected chi connectivity index (χ2v) is 3.19. The molecule has 0 bridgehead atoms. The van der Waals surface area contributed by atoms with Crippen molar-refractivity contribution in [1.82, 2.24) is 0 Å². The van der Waals surface area contributed by atoms with Crippen LogP contribution in [0.2, 0.25) is 0 Å².